The van der Waals surface area contributed by atoms with Gasteiger partial charge in [0, 0.05) is 37.0 Å². The summed E-state index contributed by atoms with van der Waals surface area (Å²) in [6.45, 7) is 1.92. The minimum Gasteiger partial charge on any atom is -0.405 e. The van der Waals surface area contributed by atoms with Crippen molar-refractivity contribution in [2.75, 3.05) is 32.0 Å². The molecular weight excluding hydrogens is 497 g/mol. The fraction of sp³-hybridized carbons (Fsp3) is 0.400. The lowest BCUT2D eigenvalue weighted by Gasteiger charge is -2.35. The number of likely N-dealkylation sites (tertiary alicyclic amines) is 1. The van der Waals surface area contributed by atoms with Crippen molar-refractivity contribution in [3.63, 3.8) is 0 Å². The van der Waals surface area contributed by atoms with Gasteiger partial charge in [0.2, 0.25) is 11.8 Å². The Morgan fingerprint density at radius 2 is 1.92 bits per heavy atom. The topological polar surface area (TPSA) is 74.2 Å². The summed E-state index contributed by atoms with van der Waals surface area (Å²) >= 11 is 6.39. The first-order chi connectivity index (χ1) is 17.1. The number of aliphatic imine (C=N–C) groups is 1. The van der Waals surface area contributed by atoms with E-state index in [4.69, 9.17) is 11.6 Å². The summed E-state index contributed by atoms with van der Waals surface area (Å²) < 4.78 is 42.5. The Balaban J connectivity index is 1.48. The summed E-state index contributed by atoms with van der Waals surface area (Å²) in [6, 6.07) is 9.61. The van der Waals surface area contributed by atoms with Crippen LogP contribution >= 0.6 is 11.6 Å². The molecule has 7 nitrogen and oxygen atoms in total. The van der Waals surface area contributed by atoms with Crippen molar-refractivity contribution in [1.82, 2.24) is 9.80 Å². The fourth-order valence-electron chi connectivity index (χ4n) is 4.45. The van der Waals surface area contributed by atoms with Gasteiger partial charge in [-0.2, -0.15) is 0 Å². The molecule has 11 heteroatoms. The summed E-state index contributed by atoms with van der Waals surface area (Å²) in [4.78, 5) is 34.0. The van der Waals surface area contributed by atoms with Crippen molar-refractivity contribution in [1.29, 1.82) is 0 Å². The Labute approximate surface area is 211 Å². The van der Waals surface area contributed by atoms with Crippen LogP contribution < -0.4 is 10.1 Å². The fourth-order valence-corrected chi connectivity index (χ4v) is 4.73. The van der Waals surface area contributed by atoms with Gasteiger partial charge in [-0.15, -0.1) is 13.2 Å². The van der Waals surface area contributed by atoms with E-state index in [2.05, 4.69) is 15.0 Å². The molecule has 0 bridgehead atoms. The molecule has 0 radical (unpaired) electrons. The van der Waals surface area contributed by atoms with Crippen LogP contribution in [0.2, 0.25) is 5.02 Å². The zero-order chi connectivity index (χ0) is 25.9. The van der Waals surface area contributed by atoms with Crippen LogP contribution in [0.3, 0.4) is 0 Å². The van der Waals surface area contributed by atoms with E-state index in [1.54, 1.807) is 17.0 Å². The first-order valence-electron chi connectivity index (χ1n) is 11.6. The number of halogens is 4. The molecule has 36 heavy (non-hydrogen) atoms. The van der Waals surface area contributed by atoms with Crippen LogP contribution in [0.4, 0.5) is 18.9 Å². The van der Waals surface area contributed by atoms with E-state index in [0.29, 0.717) is 30.8 Å². The third-order valence-electron chi connectivity index (χ3n) is 6.25. The van der Waals surface area contributed by atoms with E-state index in [1.807, 2.05) is 11.9 Å². The first-order valence-corrected chi connectivity index (χ1v) is 12.0. The number of amides is 2. The van der Waals surface area contributed by atoms with Crippen LogP contribution in [0.5, 0.6) is 5.75 Å². The van der Waals surface area contributed by atoms with E-state index in [9.17, 15) is 22.8 Å². The van der Waals surface area contributed by atoms with E-state index < -0.39 is 12.4 Å². The Morgan fingerprint density at radius 3 is 2.61 bits per heavy atom. The predicted octanol–water partition coefficient (Wildman–Crippen LogP) is 4.96. The molecule has 2 aromatic rings. The number of hydrogen-bond donors (Lipinski definition) is 1. The minimum absolute atomic E-state index is 0.142. The molecule has 192 valence electrons. The molecule has 1 unspecified atom stereocenters. The lowest BCUT2D eigenvalue weighted by atomic mass is 10.00. The van der Waals surface area contributed by atoms with Gasteiger partial charge in [0.25, 0.3) is 0 Å². The number of ether oxygens (including phenoxy) is 1. The molecule has 0 saturated carbocycles. The van der Waals surface area contributed by atoms with Gasteiger partial charge in [-0.05, 0) is 37.5 Å². The van der Waals surface area contributed by atoms with Gasteiger partial charge in [0.15, 0.2) is 0 Å². The summed E-state index contributed by atoms with van der Waals surface area (Å²) in [5.74, 6) is -0.133. The second-order valence-electron chi connectivity index (χ2n) is 8.72. The SMILES string of the molecule is CN1CCN=C1CC(=O)N1CCCCC1C(=O)Nc1ccc(-c2ccccc2OC(F)(F)F)c(Cl)c1. The molecule has 1 saturated heterocycles. The number of piperidine rings is 1. The Bertz CT molecular complexity index is 1170. The van der Waals surface area contributed by atoms with Crippen molar-refractivity contribution in [3.8, 4) is 16.9 Å². The van der Waals surface area contributed by atoms with Gasteiger partial charge < -0.3 is 19.9 Å². The average molecular weight is 523 g/mol. The maximum absolute atomic E-state index is 13.1. The second-order valence-corrected chi connectivity index (χ2v) is 9.13. The highest BCUT2D eigenvalue weighted by atomic mass is 35.5. The highest BCUT2D eigenvalue weighted by Crippen LogP contribution is 2.38. The summed E-state index contributed by atoms with van der Waals surface area (Å²) in [5.41, 5.74) is 0.868. The molecule has 1 atom stereocenters. The molecule has 2 aliphatic heterocycles. The number of likely N-dealkylation sites (N-methyl/N-ethyl adjacent to an activating group) is 1. The number of amidine groups is 1. The van der Waals surface area contributed by atoms with Gasteiger partial charge >= 0.3 is 6.36 Å². The number of nitrogens with zero attached hydrogens (tertiary/aromatic N) is 3. The zero-order valence-corrected chi connectivity index (χ0v) is 20.4. The maximum atomic E-state index is 13.1. The normalized spacial score (nSPS) is 18.1. The Hall–Kier alpha value is -3.27. The van der Waals surface area contributed by atoms with Crippen molar-refractivity contribution in [2.45, 2.75) is 38.1 Å². The number of nitrogens with one attached hydrogen (secondary N) is 1. The molecule has 0 aliphatic carbocycles. The second kappa shape index (κ2) is 10.8. The molecule has 0 spiro atoms. The smallest absolute Gasteiger partial charge is 0.405 e. The van der Waals surface area contributed by atoms with Crippen molar-refractivity contribution in [2.24, 2.45) is 4.99 Å². The lowest BCUT2D eigenvalue weighted by molar-refractivity contribution is -0.274. The highest BCUT2D eigenvalue weighted by molar-refractivity contribution is 6.33. The van der Waals surface area contributed by atoms with Crippen molar-refractivity contribution < 1.29 is 27.5 Å². The minimum atomic E-state index is -4.85. The number of benzene rings is 2. The maximum Gasteiger partial charge on any atom is 0.573 e. The first kappa shape index (κ1) is 25.8. The summed E-state index contributed by atoms with van der Waals surface area (Å²) in [6.07, 6.45) is -2.52. The Kier molecular flexibility index (Phi) is 7.73. The van der Waals surface area contributed by atoms with Crippen LogP contribution in [-0.2, 0) is 9.59 Å². The van der Waals surface area contributed by atoms with Crippen molar-refractivity contribution >= 4 is 34.9 Å². The van der Waals surface area contributed by atoms with E-state index in [0.717, 1.165) is 25.2 Å². The third kappa shape index (κ3) is 6.10. The number of carbonyl (C=O) groups is 2. The number of hydrogen-bond acceptors (Lipinski definition) is 5. The molecule has 1 fully saturated rings. The summed E-state index contributed by atoms with van der Waals surface area (Å²) in [5, 5.41) is 2.95. The number of rotatable bonds is 6. The molecular formula is C25H26ClF3N4O3. The van der Waals surface area contributed by atoms with E-state index in [-0.39, 0.29) is 34.6 Å². The van der Waals surface area contributed by atoms with E-state index >= 15 is 0 Å². The van der Waals surface area contributed by atoms with E-state index in [1.165, 1.54) is 30.3 Å². The van der Waals surface area contributed by atoms with Gasteiger partial charge in [-0.3, -0.25) is 14.6 Å². The molecule has 4 rings (SSSR count). The molecule has 1 N–H and O–H groups in total. The van der Waals surface area contributed by atoms with Gasteiger partial charge in [-0.25, -0.2) is 0 Å². The van der Waals surface area contributed by atoms with Crippen LogP contribution in [0.15, 0.2) is 47.5 Å². The quantitative estimate of drug-likeness (QED) is 0.582. The van der Waals surface area contributed by atoms with Crippen molar-refractivity contribution in [3.05, 3.63) is 47.5 Å². The molecule has 2 aromatic carbocycles. The molecule has 2 heterocycles. The number of carbonyl (C=O) groups excluding carboxylic acids is 2. The lowest BCUT2D eigenvalue weighted by Crippen LogP contribution is -2.50. The highest BCUT2D eigenvalue weighted by Gasteiger charge is 2.34. The standard InChI is InChI=1S/C25H26ClF3N4O3/c1-32-13-11-30-22(32)15-23(34)33-12-5-4-7-20(33)24(35)31-16-9-10-17(19(26)14-16)18-6-2-3-8-21(18)36-25(27,28)29/h2-3,6,8-10,14,20H,4-5,7,11-13,15H2,1H3,(H,31,35). The molecule has 2 aliphatic rings. The largest absolute Gasteiger partial charge is 0.573 e. The summed E-state index contributed by atoms with van der Waals surface area (Å²) in [7, 11) is 1.89. The Morgan fingerprint density at radius 1 is 1.14 bits per heavy atom. The van der Waals surface area contributed by atoms with Gasteiger partial charge in [-0.1, -0.05) is 35.9 Å². The van der Waals surface area contributed by atoms with Crippen LogP contribution in [0, 0.1) is 0 Å². The predicted molar refractivity (Wildman–Crippen MR) is 131 cm³/mol. The number of para-hydroxylation sites is 1. The number of alkyl halides is 3. The third-order valence-corrected chi connectivity index (χ3v) is 6.56. The van der Waals surface area contributed by atoms with Gasteiger partial charge in [0.05, 0.1) is 18.0 Å². The monoisotopic (exact) mass is 522 g/mol. The number of anilines is 1. The zero-order valence-electron chi connectivity index (χ0n) is 19.6. The van der Waals surface area contributed by atoms with Crippen LogP contribution in [0.1, 0.15) is 25.7 Å². The van der Waals surface area contributed by atoms with Gasteiger partial charge in [0.1, 0.15) is 17.6 Å². The molecule has 0 aromatic heterocycles. The van der Waals surface area contributed by atoms with Crippen LogP contribution in [-0.4, -0.2) is 66.5 Å². The van der Waals surface area contributed by atoms with Crippen LogP contribution in [0.25, 0.3) is 11.1 Å². The average Bonchev–Trinajstić information content (AvgIpc) is 3.23. The molecule has 2 amide bonds.